The molecule has 0 bridgehead atoms. The van der Waals surface area contributed by atoms with Gasteiger partial charge in [-0.05, 0) is 42.8 Å². The number of nitrogens with one attached hydrogen (secondary N) is 1. The summed E-state index contributed by atoms with van der Waals surface area (Å²) in [6.45, 7) is 2.06. The van der Waals surface area contributed by atoms with Crippen molar-refractivity contribution in [2.24, 2.45) is 0 Å². The highest BCUT2D eigenvalue weighted by Crippen LogP contribution is 2.25. The SMILES string of the molecule is CC(=O)NCCCc1nnc(SCC(=O)c2ccc(Br)cc2)n1-c1ccc(Cl)cc1. The molecule has 0 fully saturated rings. The van der Waals surface area contributed by atoms with E-state index in [-0.39, 0.29) is 17.4 Å². The zero-order valence-corrected chi connectivity index (χ0v) is 19.4. The summed E-state index contributed by atoms with van der Waals surface area (Å²) in [4.78, 5) is 23.6. The van der Waals surface area contributed by atoms with Gasteiger partial charge in [-0.25, -0.2) is 0 Å². The zero-order chi connectivity index (χ0) is 21.5. The van der Waals surface area contributed by atoms with Crippen LogP contribution in [0.3, 0.4) is 0 Å². The fraction of sp³-hybridized carbons (Fsp3) is 0.238. The van der Waals surface area contributed by atoms with Crippen molar-refractivity contribution in [1.82, 2.24) is 20.1 Å². The number of halogens is 2. The van der Waals surface area contributed by atoms with E-state index in [9.17, 15) is 9.59 Å². The molecule has 156 valence electrons. The van der Waals surface area contributed by atoms with Crippen molar-refractivity contribution in [3.05, 3.63) is 69.4 Å². The molecular weight excluding hydrogens is 488 g/mol. The summed E-state index contributed by atoms with van der Waals surface area (Å²) < 4.78 is 2.86. The number of ketones is 1. The van der Waals surface area contributed by atoms with Gasteiger partial charge >= 0.3 is 0 Å². The van der Waals surface area contributed by atoms with Crippen LogP contribution in [-0.2, 0) is 11.2 Å². The number of Topliss-reactive ketones (excluding diaryl/α,β-unsaturated/α-hetero) is 1. The van der Waals surface area contributed by atoms with Crippen LogP contribution in [0.5, 0.6) is 0 Å². The molecular formula is C21H20BrClN4O2S. The summed E-state index contributed by atoms with van der Waals surface area (Å²) in [6, 6.07) is 14.7. The van der Waals surface area contributed by atoms with Gasteiger partial charge in [0.15, 0.2) is 10.9 Å². The average molecular weight is 508 g/mol. The molecule has 0 saturated heterocycles. The molecule has 1 aromatic heterocycles. The summed E-state index contributed by atoms with van der Waals surface area (Å²) in [5, 5.41) is 12.7. The largest absolute Gasteiger partial charge is 0.356 e. The predicted octanol–water partition coefficient (Wildman–Crippen LogP) is 4.73. The van der Waals surface area contributed by atoms with Crippen LogP contribution in [0.4, 0.5) is 0 Å². The Hall–Kier alpha value is -2.16. The van der Waals surface area contributed by atoms with E-state index in [2.05, 4.69) is 31.4 Å². The van der Waals surface area contributed by atoms with E-state index in [1.165, 1.54) is 18.7 Å². The Kier molecular flexibility index (Phi) is 8.07. The minimum Gasteiger partial charge on any atom is -0.356 e. The number of thioether (sulfide) groups is 1. The maximum Gasteiger partial charge on any atom is 0.216 e. The minimum absolute atomic E-state index is 0.0189. The van der Waals surface area contributed by atoms with Crippen molar-refractivity contribution in [3.63, 3.8) is 0 Å². The van der Waals surface area contributed by atoms with Gasteiger partial charge in [-0.3, -0.25) is 14.2 Å². The first-order valence-corrected chi connectivity index (χ1v) is 11.5. The zero-order valence-electron chi connectivity index (χ0n) is 16.3. The van der Waals surface area contributed by atoms with E-state index < -0.39 is 0 Å². The van der Waals surface area contributed by atoms with E-state index in [1.807, 2.05) is 28.8 Å². The number of carbonyl (C=O) groups is 2. The number of benzene rings is 2. The lowest BCUT2D eigenvalue weighted by Crippen LogP contribution is -2.21. The van der Waals surface area contributed by atoms with Crippen LogP contribution < -0.4 is 5.32 Å². The molecule has 0 unspecified atom stereocenters. The van der Waals surface area contributed by atoms with E-state index >= 15 is 0 Å². The monoisotopic (exact) mass is 506 g/mol. The summed E-state index contributed by atoms with van der Waals surface area (Å²) in [5.74, 6) is 0.975. The van der Waals surface area contributed by atoms with Gasteiger partial charge in [0.05, 0.1) is 5.75 Å². The van der Waals surface area contributed by atoms with Crippen molar-refractivity contribution in [3.8, 4) is 5.69 Å². The van der Waals surface area contributed by atoms with E-state index in [0.29, 0.717) is 28.7 Å². The molecule has 0 aliphatic carbocycles. The van der Waals surface area contributed by atoms with Gasteiger partial charge in [0, 0.05) is 40.6 Å². The molecule has 0 aliphatic heterocycles. The van der Waals surface area contributed by atoms with E-state index in [4.69, 9.17) is 11.6 Å². The molecule has 0 saturated carbocycles. The Morgan fingerprint density at radius 1 is 1.10 bits per heavy atom. The van der Waals surface area contributed by atoms with E-state index in [1.54, 1.807) is 24.3 Å². The lowest BCUT2D eigenvalue weighted by Gasteiger charge is -2.10. The number of aromatic nitrogens is 3. The van der Waals surface area contributed by atoms with E-state index in [0.717, 1.165) is 22.4 Å². The number of rotatable bonds is 9. The quantitative estimate of drug-likeness (QED) is 0.257. The molecule has 1 heterocycles. The van der Waals surface area contributed by atoms with Gasteiger partial charge in [0.2, 0.25) is 5.91 Å². The van der Waals surface area contributed by atoms with Crippen molar-refractivity contribution < 1.29 is 9.59 Å². The highest BCUT2D eigenvalue weighted by Gasteiger charge is 2.16. The third kappa shape index (κ3) is 6.17. The summed E-state index contributed by atoms with van der Waals surface area (Å²) >= 11 is 10.8. The second-order valence-electron chi connectivity index (χ2n) is 6.52. The van der Waals surface area contributed by atoms with Gasteiger partial charge in [-0.2, -0.15) is 0 Å². The van der Waals surface area contributed by atoms with Crippen LogP contribution in [0.25, 0.3) is 5.69 Å². The number of nitrogens with zero attached hydrogens (tertiary/aromatic N) is 3. The maximum atomic E-state index is 12.6. The standard InChI is InChI=1S/C21H20BrClN4O2S/c1-14(28)24-12-2-3-20-25-26-21(27(20)18-10-8-17(23)9-11-18)30-13-19(29)15-4-6-16(22)7-5-15/h4-11H,2-3,12-13H2,1H3,(H,24,28). The Labute approximate surface area is 192 Å². The van der Waals surface area contributed by atoms with Crippen molar-refractivity contribution in [2.75, 3.05) is 12.3 Å². The molecule has 0 atom stereocenters. The van der Waals surface area contributed by atoms with Crippen molar-refractivity contribution in [1.29, 1.82) is 0 Å². The van der Waals surface area contributed by atoms with Crippen LogP contribution in [0.2, 0.25) is 5.02 Å². The smallest absolute Gasteiger partial charge is 0.216 e. The molecule has 0 spiro atoms. The van der Waals surface area contributed by atoms with Crippen LogP contribution in [0.15, 0.2) is 58.2 Å². The molecule has 0 aliphatic rings. The van der Waals surface area contributed by atoms with Crippen LogP contribution in [0, 0.1) is 0 Å². The predicted molar refractivity (Wildman–Crippen MR) is 123 cm³/mol. The fourth-order valence-electron chi connectivity index (χ4n) is 2.77. The molecule has 3 aromatic rings. The first-order valence-electron chi connectivity index (χ1n) is 9.30. The normalized spacial score (nSPS) is 10.8. The molecule has 9 heteroatoms. The fourth-order valence-corrected chi connectivity index (χ4v) is 4.02. The minimum atomic E-state index is -0.0585. The Morgan fingerprint density at radius 2 is 1.80 bits per heavy atom. The van der Waals surface area contributed by atoms with Crippen LogP contribution in [0.1, 0.15) is 29.5 Å². The van der Waals surface area contributed by atoms with Gasteiger partial charge < -0.3 is 5.32 Å². The average Bonchev–Trinajstić information content (AvgIpc) is 3.13. The molecule has 30 heavy (non-hydrogen) atoms. The Balaban J connectivity index is 1.77. The third-order valence-corrected chi connectivity index (χ3v) is 5.94. The van der Waals surface area contributed by atoms with Crippen LogP contribution in [-0.4, -0.2) is 38.8 Å². The molecule has 1 amide bonds. The summed E-state index contributed by atoms with van der Waals surface area (Å²) in [5.41, 5.74) is 1.52. The van der Waals surface area contributed by atoms with Crippen molar-refractivity contribution >= 4 is 51.0 Å². The topological polar surface area (TPSA) is 76.9 Å². The third-order valence-electron chi connectivity index (χ3n) is 4.23. The van der Waals surface area contributed by atoms with Gasteiger partial charge in [0.25, 0.3) is 0 Å². The van der Waals surface area contributed by atoms with Crippen molar-refractivity contribution in [2.45, 2.75) is 24.9 Å². The number of hydrogen-bond donors (Lipinski definition) is 1. The molecule has 1 N–H and O–H groups in total. The van der Waals surface area contributed by atoms with Gasteiger partial charge in [-0.1, -0.05) is 51.4 Å². The lowest BCUT2D eigenvalue weighted by atomic mass is 10.2. The molecule has 6 nitrogen and oxygen atoms in total. The summed E-state index contributed by atoms with van der Waals surface area (Å²) in [6.07, 6.45) is 1.37. The molecule has 3 rings (SSSR count). The first kappa shape index (κ1) is 22.5. The van der Waals surface area contributed by atoms with Gasteiger partial charge in [0.1, 0.15) is 5.82 Å². The Bertz CT molecular complexity index is 1020. The van der Waals surface area contributed by atoms with Crippen LogP contribution >= 0.6 is 39.3 Å². The van der Waals surface area contributed by atoms with Gasteiger partial charge in [-0.15, -0.1) is 10.2 Å². The number of hydrogen-bond acceptors (Lipinski definition) is 5. The number of amides is 1. The second-order valence-corrected chi connectivity index (χ2v) is 8.81. The maximum absolute atomic E-state index is 12.6. The number of carbonyl (C=O) groups excluding carboxylic acids is 2. The molecule has 0 radical (unpaired) electrons. The molecule has 2 aromatic carbocycles. The first-order chi connectivity index (χ1) is 14.4. The lowest BCUT2D eigenvalue weighted by molar-refractivity contribution is -0.118. The highest BCUT2D eigenvalue weighted by molar-refractivity contribution is 9.10. The second kappa shape index (κ2) is 10.7. The summed E-state index contributed by atoms with van der Waals surface area (Å²) in [7, 11) is 0. The number of aryl methyl sites for hydroxylation is 1. The Morgan fingerprint density at radius 3 is 2.47 bits per heavy atom. The highest BCUT2D eigenvalue weighted by atomic mass is 79.9.